The van der Waals surface area contributed by atoms with Crippen molar-refractivity contribution >= 4 is 23.3 Å². The Morgan fingerprint density at radius 2 is 2.04 bits per heavy atom. The molecule has 0 atom stereocenters. The monoisotopic (exact) mass is 331 g/mol. The predicted octanol–water partition coefficient (Wildman–Crippen LogP) is 2.61. The first-order valence-corrected chi connectivity index (χ1v) is 8.02. The van der Waals surface area contributed by atoms with Gasteiger partial charge in [0.1, 0.15) is 5.60 Å². The van der Waals surface area contributed by atoms with Crippen molar-refractivity contribution in [3.05, 3.63) is 35.5 Å². The fourth-order valence-corrected chi connectivity index (χ4v) is 2.57. The van der Waals surface area contributed by atoms with Crippen molar-refractivity contribution in [3.63, 3.8) is 0 Å². The number of nitrogens with zero attached hydrogens (tertiary/aromatic N) is 1. The van der Waals surface area contributed by atoms with E-state index in [-0.39, 0.29) is 0 Å². The van der Waals surface area contributed by atoms with Gasteiger partial charge < -0.3 is 19.9 Å². The molecule has 130 valence electrons. The summed E-state index contributed by atoms with van der Waals surface area (Å²) < 4.78 is 7.08. The van der Waals surface area contributed by atoms with Crippen LogP contribution in [0, 0.1) is 0 Å². The first kappa shape index (κ1) is 18.0. The maximum Gasteiger partial charge on any atom is 0.407 e. The number of aryl methyl sites for hydroxylation is 1. The molecule has 2 N–H and O–H groups in total. The summed E-state index contributed by atoms with van der Waals surface area (Å²) in [6, 6.07) is 7.89. The van der Waals surface area contributed by atoms with E-state index in [1.807, 2.05) is 56.7 Å². The van der Waals surface area contributed by atoms with E-state index in [0.717, 1.165) is 22.8 Å². The minimum atomic E-state index is -0.490. The third-order valence-electron chi connectivity index (χ3n) is 3.58. The lowest BCUT2D eigenvalue weighted by Gasteiger charge is -2.19. The van der Waals surface area contributed by atoms with E-state index in [9.17, 15) is 9.59 Å². The van der Waals surface area contributed by atoms with Gasteiger partial charge in [-0.1, -0.05) is 18.2 Å². The Balaban J connectivity index is 1.87. The molecule has 0 spiro atoms. The van der Waals surface area contributed by atoms with Gasteiger partial charge in [-0.25, -0.2) is 4.79 Å². The highest BCUT2D eigenvalue weighted by molar-refractivity contribution is 5.90. The van der Waals surface area contributed by atoms with Gasteiger partial charge in [-0.05, 0) is 32.4 Å². The number of rotatable bonds is 6. The molecule has 0 aliphatic carbocycles. The average molecular weight is 331 g/mol. The van der Waals surface area contributed by atoms with Crippen LogP contribution in [0.2, 0.25) is 0 Å². The van der Waals surface area contributed by atoms with E-state index in [1.54, 1.807) is 0 Å². The number of ether oxygens (including phenoxy) is 1. The summed E-state index contributed by atoms with van der Waals surface area (Å²) in [5.41, 5.74) is 2.33. The van der Waals surface area contributed by atoms with Gasteiger partial charge in [-0.3, -0.25) is 4.79 Å². The molecular formula is C18H25N3O3. The van der Waals surface area contributed by atoms with E-state index >= 15 is 0 Å². The molecule has 0 unspecified atom stereocenters. The lowest BCUT2D eigenvalue weighted by Crippen LogP contribution is -2.36. The highest BCUT2D eigenvalue weighted by atomic mass is 16.6. The van der Waals surface area contributed by atoms with Crippen LogP contribution in [0.25, 0.3) is 10.9 Å². The van der Waals surface area contributed by atoms with Gasteiger partial charge in [-0.2, -0.15) is 0 Å². The van der Waals surface area contributed by atoms with Gasteiger partial charge in [0.25, 0.3) is 0 Å². The molecule has 1 aromatic carbocycles. The minimum absolute atomic E-state index is 0.413. The molecule has 0 radical (unpaired) electrons. The van der Waals surface area contributed by atoms with Crippen molar-refractivity contribution in [2.75, 3.05) is 13.1 Å². The Kier molecular flexibility index (Phi) is 5.62. The maximum absolute atomic E-state index is 11.5. The van der Waals surface area contributed by atoms with Gasteiger partial charge in [-0.15, -0.1) is 0 Å². The number of hydrogen-bond acceptors (Lipinski definition) is 4. The Labute approximate surface area is 142 Å². The zero-order valence-corrected chi connectivity index (χ0v) is 14.7. The number of amides is 1. The SMILES string of the molecule is Cn1c(C=O)cc2cccc(CNCCNC(=O)OC(C)(C)C)c21. The first-order valence-electron chi connectivity index (χ1n) is 8.02. The Hall–Kier alpha value is -2.34. The van der Waals surface area contributed by atoms with Crippen LogP contribution >= 0.6 is 0 Å². The highest BCUT2D eigenvalue weighted by Crippen LogP contribution is 2.21. The smallest absolute Gasteiger partial charge is 0.407 e. The second kappa shape index (κ2) is 7.49. The molecule has 6 heteroatoms. The maximum atomic E-state index is 11.5. The van der Waals surface area contributed by atoms with Gasteiger partial charge in [0.15, 0.2) is 6.29 Å². The van der Waals surface area contributed by atoms with Gasteiger partial charge in [0.05, 0.1) is 11.2 Å². The molecule has 0 fully saturated rings. The van der Waals surface area contributed by atoms with Crippen LogP contribution in [0.1, 0.15) is 36.8 Å². The number of hydrogen-bond donors (Lipinski definition) is 2. The lowest BCUT2D eigenvalue weighted by molar-refractivity contribution is 0.0528. The zero-order valence-electron chi connectivity index (χ0n) is 14.7. The largest absolute Gasteiger partial charge is 0.444 e. The number of alkyl carbamates (subject to hydrolysis) is 1. The van der Waals surface area contributed by atoms with Crippen molar-refractivity contribution in [2.24, 2.45) is 7.05 Å². The molecule has 1 aromatic heterocycles. The zero-order chi connectivity index (χ0) is 17.7. The number of aromatic nitrogens is 1. The lowest BCUT2D eigenvalue weighted by atomic mass is 10.1. The molecule has 24 heavy (non-hydrogen) atoms. The van der Waals surface area contributed by atoms with Crippen LogP contribution in [-0.2, 0) is 18.3 Å². The van der Waals surface area contributed by atoms with Crippen LogP contribution < -0.4 is 10.6 Å². The van der Waals surface area contributed by atoms with Crippen molar-refractivity contribution in [1.29, 1.82) is 0 Å². The fourth-order valence-electron chi connectivity index (χ4n) is 2.57. The van der Waals surface area contributed by atoms with Crippen LogP contribution in [0.5, 0.6) is 0 Å². The predicted molar refractivity (Wildman–Crippen MR) is 94.2 cm³/mol. The van der Waals surface area contributed by atoms with E-state index in [2.05, 4.69) is 10.6 Å². The van der Waals surface area contributed by atoms with E-state index < -0.39 is 11.7 Å². The Bertz CT molecular complexity index is 729. The molecule has 6 nitrogen and oxygen atoms in total. The minimum Gasteiger partial charge on any atom is -0.444 e. The highest BCUT2D eigenvalue weighted by Gasteiger charge is 2.15. The molecule has 1 amide bonds. The molecular weight excluding hydrogens is 306 g/mol. The molecule has 2 aromatic rings. The van der Waals surface area contributed by atoms with Crippen molar-refractivity contribution in [1.82, 2.24) is 15.2 Å². The fraction of sp³-hybridized carbons (Fsp3) is 0.444. The number of carbonyl (C=O) groups excluding carboxylic acids is 2. The summed E-state index contributed by atoms with van der Waals surface area (Å²) in [6.07, 6.45) is 0.451. The van der Waals surface area contributed by atoms with Crippen LogP contribution in [0.3, 0.4) is 0 Å². The summed E-state index contributed by atoms with van der Waals surface area (Å²) in [4.78, 5) is 22.6. The van der Waals surface area contributed by atoms with Gasteiger partial charge >= 0.3 is 6.09 Å². The van der Waals surface area contributed by atoms with E-state index in [0.29, 0.717) is 25.3 Å². The average Bonchev–Trinajstić information content (AvgIpc) is 2.82. The molecule has 1 heterocycles. The number of benzene rings is 1. The summed E-state index contributed by atoms with van der Waals surface area (Å²) in [5, 5.41) is 7.05. The van der Waals surface area contributed by atoms with E-state index in [4.69, 9.17) is 4.74 Å². The third kappa shape index (κ3) is 4.58. The van der Waals surface area contributed by atoms with Gasteiger partial charge in [0, 0.05) is 32.1 Å². The number of aldehydes is 1. The summed E-state index contributed by atoms with van der Waals surface area (Å²) in [7, 11) is 1.89. The molecule has 0 saturated heterocycles. The summed E-state index contributed by atoms with van der Waals surface area (Å²) in [5.74, 6) is 0. The number of fused-ring (bicyclic) bond motifs is 1. The summed E-state index contributed by atoms with van der Waals surface area (Å²) in [6.45, 7) is 7.26. The number of para-hydroxylation sites is 1. The quantitative estimate of drug-likeness (QED) is 0.630. The topological polar surface area (TPSA) is 72.4 Å². The Morgan fingerprint density at radius 3 is 2.71 bits per heavy atom. The molecule has 2 rings (SSSR count). The van der Waals surface area contributed by atoms with Crippen molar-refractivity contribution in [2.45, 2.75) is 32.9 Å². The molecule has 0 bridgehead atoms. The number of carbonyl (C=O) groups is 2. The van der Waals surface area contributed by atoms with Crippen molar-refractivity contribution in [3.8, 4) is 0 Å². The Morgan fingerprint density at radius 1 is 1.29 bits per heavy atom. The van der Waals surface area contributed by atoms with E-state index in [1.165, 1.54) is 0 Å². The first-order chi connectivity index (χ1) is 11.3. The normalized spacial score (nSPS) is 11.5. The standard InChI is InChI=1S/C18H25N3O3/c1-18(2,3)24-17(23)20-9-8-19-11-14-7-5-6-13-10-15(12-22)21(4)16(13)14/h5-7,10,12,19H,8-9,11H2,1-4H3,(H,20,23). The molecule has 0 aliphatic heterocycles. The molecule has 0 saturated carbocycles. The van der Waals surface area contributed by atoms with Crippen LogP contribution in [-0.4, -0.2) is 35.6 Å². The van der Waals surface area contributed by atoms with Crippen LogP contribution in [0.15, 0.2) is 24.3 Å². The second-order valence-electron chi connectivity index (χ2n) is 6.71. The summed E-state index contributed by atoms with van der Waals surface area (Å²) >= 11 is 0. The van der Waals surface area contributed by atoms with Crippen LogP contribution in [0.4, 0.5) is 4.79 Å². The van der Waals surface area contributed by atoms with Gasteiger partial charge in [0.2, 0.25) is 0 Å². The van der Waals surface area contributed by atoms with Crippen molar-refractivity contribution < 1.29 is 14.3 Å². The number of nitrogens with one attached hydrogen (secondary N) is 2. The third-order valence-corrected chi connectivity index (χ3v) is 3.58. The molecule has 0 aliphatic rings. The second-order valence-corrected chi connectivity index (χ2v) is 6.71.